The van der Waals surface area contributed by atoms with Gasteiger partial charge in [0.25, 0.3) is 0 Å². The molecule has 0 amide bonds. The summed E-state index contributed by atoms with van der Waals surface area (Å²) in [6, 6.07) is 35.1. The van der Waals surface area contributed by atoms with Gasteiger partial charge in [0, 0.05) is 47.9 Å². The number of ether oxygens (including phenoxy) is 4. The molecule has 276 valence electrons. The summed E-state index contributed by atoms with van der Waals surface area (Å²) in [4.78, 5) is 2.48. The highest BCUT2D eigenvalue weighted by Gasteiger charge is 2.35. The smallest absolute Gasteiger partial charge is 0.120 e. The lowest BCUT2D eigenvalue weighted by atomic mass is 10.1. The Morgan fingerprint density at radius 1 is 0.627 bits per heavy atom. The molecule has 2 heterocycles. The van der Waals surface area contributed by atoms with Crippen molar-refractivity contribution in [3.05, 3.63) is 119 Å². The van der Waals surface area contributed by atoms with Gasteiger partial charge in [-0.2, -0.15) is 0 Å². The van der Waals surface area contributed by atoms with Crippen molar-refractivity contribution in [1.82, 2.24) is 10.2 Å². The van der Waals surface area contributed by atoms with Crippen LogP contribution < -0.4 is 24.3 Å². The molecule has 9 heteroatoms. The van der Waals surface area contributed by atoms with Crippen LogP contribution in [0.5, 0.6) is 23.0 Å². The number of benzene rings is 4. The lowest BCUT2D eigenvalue weighted by Gasteiger charge is -2.26. The van der Waals surface area contributed by atoms with Crippen molar-refractivity contribution in [1.29, 1.82) is 0 Å². The Kier molecular flexibility index (Phi) is 17.8. The number of unbranched alkanes of at least 4 members (excludes halogenated alkanes) is 2. The van der Waals surface area contributed by atoms with E-state index in [0.29, 0.717) is 0 Å². The van der Waals surface area contributed by atoms with E-state index in [-0.39, 0.29) is 11.2 Å². The molecule has 2 saturated heterocycles. The van der Waals surface area contributed by atoms with E-state index in [9.17, 15) is 0 Å². The molecule has 2 aliphatic heterocycles. The van der Waals surface area contributed by atoms with Gasteiger partial charge in [-0.05, 0) is 125 Å². The normalized spacial score (nSPS) is 19.6. The van der Waals surface area contributed by atoms with Crippen molar-refractivity contribution in [2.45, 2.75) is 63.6 Å². The number of hydrogen-bond donors (Lipinski definition) is 1. The summed E-state index contributed by atoms with van der Waals surface area (Å²) < 4.78 is 23.3. The van der Waals surface area contributed by atoms with E-state index >= 15 is 0 Å². The largest absolute Gasteiger partial charge is 0.494 e. The van der Waals surface area contributed by atoms with Crippen LogP contribution in [0.2, 0.25) is 10.0 Å². The fourth-order valence-corrected chi connectivity index (χ4v) is 6.45. The van der Waals surface area contributed by atoms with Crippen molar-refractivity contribution in [2.24, 2.45) is 0 Å². The Morgan fingerprint density at radius 3 is 1.63 bits per heavy atom. The van der Waals surface area contributed by atoms with Crippen LogP contribution in [0.25, 0.3) is 0 Å². The lowest BCUT2D eigenvalue weighted by Crippen LogP contribution is -2.36. The molecule has 0 saturated carbocycles. The molecule has 2 unspecified atom stereocenters. The third-order valence-electron chi connectivity index (χ3n) is 8.62. The predicted molar refractivity (Wildman–Crippen MR) is 216 cm³/mol. The fraction of sp³-hybridized carbons (Fsp3) is 0.429. The molecule has 6 rings (SSSR count). The minimum absolute atomic E-state index is 0.0617. The average Bonchev–Trinajstić information content (AvgIpc) is 3.75. The molecule has 1 N–H and O–H groups in total. The third kappa shape index (κ3) is 16.1. The molecule has 4 aromatic rings. The minimum atomic E-state index is -0.117. The predicted octanol–water partition coefficient (Wildman–Crippen LogP) is 10.8. The molecule has 0 bridgehead atoms. The van der Waals surface area contributed by atoms with Gasteiger partial charge in [-0.3, -0.25) is 4.90 Å². The molecule has 2 aliphatic rings. The summed E-state index contributed by atoms with van der Waals surface area (Å²) in [5.41, 5.74) is -0.178. The Hall–Kier alpha value is -2.94. The number of alkyl halides is 1. The van der Waals surface area contributed by atoms with Gasteiger partial charge in [0.15, 0.2) is 0 Å². The van der Waals surface area contributed by atoms with Crippen LogP contribution in [0.15, 0.2) is 109 Å². The van der Waals surface area contributed by atoms with Crippen molar-refractivity contribution >= 4 is 39.1 Å². The molecular formula is C42H53BrCl2N2O4. The summed E-state index contributed by atoms with van der Waals surface area (Å²) in [7, 11) is 0. The first-order valence-electron chi connectivity index (χ1n) is 18.0. The average molecular weight is 801 g/mol. The molecule has 0 spiro atoms. The third-order valence-corrected chi connectivity index (χ3v) is 9.69. The van der Waals surface area contributed by atoms with Crippen LogP contribution in [0, 0.1) is 0 Å². The summed E-state index contributed by atoms with van der Waals surface area (Å²) in [5.74, 6) is 3.70. The maximum atomic E-state index is 6.21. The monoisotopic (exact) mass is 798 g/mol. The Morgan fingerprint density at radius 2 is 1.14 bits per heavy atom. The van der Waals surface area contributed by atoms with E-state index in [1.165, 1.54) is 6.42 Å². The number of rotatable bonds is 15. The maximum Gasteiger partial charge on any atom is 0.120 e. The van der Waals surface area contributed by atoms with Gasteiger partial charge in [-0.1, -0.05) is 75.5 Å². The SMILES string of the molecule is BrCCCCOc1ccccc1.CC1(Oc2ccc(Cl)cc2)CCN(CCCCOc2ccccc2)C1.CC1(Oc2ccc(Cl)cc2)CCNC1. The van der Waals surface area contributed by atoms with Crippen LogP contribution in [0.3, 0.4) is 0 Å². The van der Waals surface area contributed by atoms with Crippen LogP contribution in [-0.4, -0.2) is 67.4 Å². The second kappa shape index (κ2) is 22.2. The Bertz CT molecular complexity index is 1490. The number of para-hydroxylation sites is 2. The van der Waals surface area contributed by atoms with Crippen LogP contribution in [-0.2, 0) is 0 Å². The number of nitrogens with zero attached hydrogens (tertiary/aromatic N) is 1. The zero-order valence-electron chi connectivity index (χ0n) is 30.0. The number of nitrogens with one attached hydrogen (secondary N) is 1. The van der Waals surface area contributed by atoms with Crippen LogP contribution in [0.1, 0.15) is 52.4 Å². The van der Waals surface area contributed by atoms with E-state index < -0.39 is 0 Å². The fourth-order valence-electron chi connectivity index (χ4n) is 5.80. The van der Waals surface area contributed by atoms with Gasteiger partial charge in [0.2, 0.25) is 0 Å². The standard InChI is InChI=1S/C21H26ClNO2.C11H14ClNO.C10H13BrO/c1-21(25-20-11-9-18(22)10-12-20)13-15-23(17-21)14-5-6-16-24-19-7-3-2-4-8-19;1-11(6-7-13-8-11)14-10-4-2-9(12)3-5-10;11-8-4-5-9-12-10-6-2-1-3-7-10/h2-4,7-12H,5-6,13-17H2,1H3;2-5,13H,6-8H2,1H3;1-3,6-7H,4-5,8-9H2. The lowest BCUT2D eigenvalue weighted by molar-refractivity contribution is 0.0956. The summed E-state index contributed by atoms with van der Waals surface area (Å²) in [5, 5.41) is 5.84. The van der Waals surface area contributed by atoms with Crippen molar-refractivity contribution in [3.8, 4) is 23.0 Å². The number of halogens is 3. The molecule has 0 aromatic heterocycles. The summed E-state index contributed by atoms with van der Waals surface area (Å²) in [6.45, 7) is 11.0. The Labute approximate surface area is 323 Å². The topological polar surface area (TPSA) is 52.2 Å². The van der Waals surface area contributed by atoms with Crippen LogP contribution in [0.4, 0.5) is 0 Å². The van der Waals surface area contributed by atoms with E-state index in [4.69, 9.17) is 42.1 Å². The van der Waals surface area contributed by atoms with Gasteiger partial charge >= 0.3 is 0 Å². The molecule has 6 nitrogen and oxygen atoms in total. The van der Waals surface area contributed by atoms with Crippen LogP contribution >= 0.6 is 39.1 Å². The zero-order chi connectivity index (χ0) is 36.2. The highest BCUT2D eigenvalue weighted by atomic mass is 79.9. The van der Waals surface area contributed by atoms with E-state index in [2.05, 4.69) is 40.0 Å². The van der Waals surface area contributed by atoms with Gasteiger partial charge in [-0.25, -0.2) is 0 Å². The van der Waals surface area contributed by atoms with E-state index in [0.717, 1.165) is 116 Å². The summed E-state index contributed by atoms with van der Waals surface area (Å²) in [6.07, 6.45) is 6.60. The molecule has 51 heavy (non-hydrogen) atoms. The second-order valence-electron chi connectivity index (χ2n) is 13.4. The van der Waals surface area contributed by atoms with E-state index in [1.54, 1.807) is 0 Å². The van der Waals surface area contributed by atoms with Crippen molar-refractivity contribution in [3.63, 3.8) is 0 Å². The Balaban J connectivity index is 0.000000189. The highest BCUT2D eigenvalue weighted by Crippen LogP contribution is 2.29. The van der Waals surface area contributed by atoms with Crippen molar-refractivity contribution < 1.29 is 18.9 Å². The molecular weight excluding hydrogens is 747 g/mol. The molecule has 4 aromatic carbocycles. The first-order valence-corrected chi connectivity index (χ1v) is 19.9. The maximum absolute atomic E-state index is 6.21. The highest BCUT2D eigenvalue weighted by molar-refractivity contribution is 9.09. The minimum Gasteiger partial charge on any atom is -0.494 e. The second-order valence-corrected chi connectivity index (χ2v) is 15.1. The number of hydrogen-bond acceptors (Lipinski definition) is 6. The van der Waals surface area contributed by atoms with E-state index in [1.807, 2.05) is 109 Å². The van der Waals surface area contributed by atoms with Gasteiger partial charge in [0.05, 0.1) is 13.2 Å². The van der Waals surface area contributed by atoms with Gasteiger partial charge < -0.3 is 24.3 Å². The molecule has 2 fully saturated rings. The zero-order valence-corrected chi connectivity index (χ0v) is 33.1. The number of likely N-dealkylation sites (tertiary alicyclic amines) is 1. The summed E-state index contributed by atoms with van der Waals surface area (Å²) >= 11 is 15.1. The molecule has 2 atom stereocenters. The molecule has 0 radical (unpaired) electrons. The first kappa shape index (κ1) is 40.8. The van der Waals surface area contributed by atoms with Gasteiger partial charge in [0.1, 0.15) is 34.2 Å². The molecule has 0 aliphatic carbocycles. The quantitative estimate of drug-likeness (QED) is 0.0955. The first-order chi connectivity index (χ1) is 24.7. The van der Waals surface area contributed by atoms with Crippen molar-refractivity contribution in [2.75, 3.05) is 51.3 Å². The van der Waals surface area contributed by atoms with Gasteiger partial charge in [-0.15, -0.1) is 0 Å².